The van der Waals surface area contributed by atoms with E-state index >= 15 is 0 Å². The molecule has 1 saturated heterocycles. The molecule has 1 fully saturated rings. The molecule has 0 saturated carbocycles. The second kappa shape index (κ2) is 7.63. The third-order valence-corrected chi connectivity index (χ3v) is 6.97. The first kappa shape index (κ1) is 20.2. The molecular weight excluding hydrogens is 383 g/mol. The predicted molar refractivity (Wildman–Crippen MR) is 101 cm³/mol. The van der Waals surface area contributed by atoms with Crippen LogP contribution in [0.4, 0.5) is 0 Å². The summed E-state index contributed by atoms with van der Waals surface area (Å²) in [5.41, 5.74) is 1.98. The minimum Gasteiger partial charge on any atom is -0.313 e. The Kier molecular flexibility index (Phi) is 6.17. The molecule has 1 aromatic carbocycles. The topological polar surface area (TPSA) is 67.2 Å². The molecule has 1 aliphatic heterocycles. The van der Waals surface area contributed by atoms with Gasteiger partial charge in [0.15, 0.2) is 0 Å². The minimum atomic E-state index is -3.67. The van der Waals surface area contributed by atoms with Crippen molar-refractivity contribution in [1.29, 1.82) is 0 Å². The fourth-order valence-electron chi connectivity index (χ4n) is 3.23. The highest BCUT2D eigenvalue weighted by atomic mass is 35.5. The van der Waals surface area contributed by atoms with Gasteiger partial charge >= 0.3 is 0 Å². The van der Waals surface area contributed by atoms with Gasteiger partial charge in [-0.3, -0.25) is 4.68 Å². The molecule has 1 aromatic heterocycles. The van der Waals surface area contributed by atoms with E-state index in [1.807, 2.05) is 18.2 Å². The lowest BCUT2D eigenvalue weighted by Gasteiger charge is -2.35. The smallest absolute Gasteiger partial charge is 0.247 e. The average molecular weight is 405 g/mol. The van der Waals surface area contributed by atoms with Crippen LogP contribution in [-0.2, 0) is 17.1 Å². The molecule has 25 heavy (non-hydrogen) atoms. The van der Waals surface area contributed by atoms with Crippen molar-refractivity contribution in [2.75, 3.05) is 19.6 Å². The molecule has 1 unspecified atom stereocenters. The first-order valence-electron chi connectivity index (χ1n) is 7.81. The number of hydrogen-bond donors (Lipinski definition) is 1. The molecular formula is C16H22Cl2N4O2S. The third-order valence-electron chi connectivity index (χ3n) is 4.47. The maximum Gasteiger partial charge on any atom is 0.247 e. The van der Waals surface area contributed by atoms with Gasteiger partial charge < -0.3 is 5.32 Å². The summed E-state index contributed by atoms with van der Waals surface area (Å²) < 4.78 is 29.8. The Morgan fingerprint density at radius 2 is 1.96 bits per heavy atom. The van der Waals surface area contributed by atoms with Gasteiger partial charge in [-0.15, -0.1) is 12.4 Å². The number of aryl methyl sites for hydroxylation is 2. The quantitative estimate of drug-likeness (QED) is 0.852. The van der Waals surface area contributed by atoms with Crippen LogP contribution in [0, 0.1) is 13.8 Å². The Morgan fingerprint density at radius 3 is 2.56 bits per heavy atom. The van der Waals surface area contributed by atoms with Crippen molar-refractivity contribution in [3.63, 3.8) is 0 Å². The van der Waals surface area contributed by atoms with Crippen molar-refractivity contribution in [2.24, 2.45) is 7.05 Å². The van der Waals surface area contributed by atoms with Crippen molar-refractivity contribution >= 4 is 34.0 Å². The molecule has 6 nitrogen and oxygen atoms in total. The van der Waals surface area contributed by atoms with Gasteiger partial charge in [0.25, 0.3) is 0 Å². The van der Waals surface area contributed by atoms with Crippen molar-refractivity contribution < 1.29 is 8.42 Å². The Labute approximate surface area is 159 Å². The maximum atomic E-state index is 13.3. The van der Waals surface area contributed by atoms with Crippen LogP contribution in [0.1, 0.15) is 23.0 Å². The van der Waals surface area contributed by atoms with E-state index in [0.29, 0.717) is 40.9 Å². The summed E-state index contributed by atoms with van der Waals surface area (Å²) in [4.78, 5) is 0.295. The standard InChI is InChI=1S/C16H21ClN4O2S.ClH/c1-11-16(12(2)20(3)19-11)24(22,23)21-9-8-18-10-15(21)13-6-4-5-7-14(13)17;/h4-7,15,18H,8-10H2,1-3H3;1H. The fourth-order valence-corrected chi connectivity index (χ4v) is 5.50. The molecule has 1 aliphatic rings. The summed E-state index contributed by atoms with van der Waals surface area (Å²) in [5, 5.41) is 8.09. The van der Waals surface area contributed by atoms with Crippen molar-refractivity contribution in [1.82, 2.24) is 19.4 Å². The zero-order valence-corrected chi connectivity index (χ0v) is 16.7. The van der Waals surface area contributed by atoms with E-state index in [1.54, 1.807) is 35.9 Å². The third kappa shape index (κ3) is 3.57. The highest BCUT2D eigenvalue weighted by Gasteiger charge is 2.38. The van der Waals surface area contributed by atoms with Crippen molar-refractivity contribution in [3.8, 4) is 0 Å². The van der Waals surface area contributed by atoms with Crippen LogP contribution in [0.2, 0.25) is 5.02 Å². The second-order valence-corrected chi connectivity index (χ2v) is 8.22. The Bertz CT molecular complexity index is 867. The number of nitrogens with zero attached hydrogens (tertiary/aromatic N) is 3. The Hall–Kier alpha value is -1.12. The van der Waals surface area contributed by atoms with Crippen LogP contribution < -0.4 is 5.32 Å². The van der Waals surface area contributed by atoms with Crippen LogP contribution in [0.3, 0.4) is 0 Å². The van der Waals surface area contributed by atoms with Gasteiger partial charge in [0.2, 0.25) is 10.0 Å². The number of rotatable bonds is 3. The number of sulfonamides is 1. The van der Waals surface area contributed by atoms with E-state index in [9.17, 15) is 8.42 Å². The Balaban J connectivity index is 0.00000225. The van der Waals surface area contributed by atoms with E-state index in [2.05, 4.69) is 10.4 Å². The van der Waals surface area contributed by atoms with Crippen LogP contribution in [0.5, 0.6) is 0 Å². The molecule has 2 heterocycles. The first-order valence-corrected chi connectivity index (χ1v) is 9.63. The van der Waals surface area contributed by atoms with Gasteiger partial charge in [0.1, 0.15) is 4.90 Å². The van der Waals surface area contributed by atoms with Crippen LogP contribution in [0.25, 0.3) is 0 Å². The van der Waals surface area contributed by atoms with Gasteiger partial charge in [0.05, 0.1) is 17.4 Å². The van der Waals surface area contributed by atoms with Gasteiger partial charge in [-0.1, -0.05) is 29.8 Å². The summed E-state index contributed by atoms with van der Waals surface area (Å²) in [6.07, 6.45) is 0. The molecule has 0 aliphatic carbocycles. The van der Waals surface area contributed by atoms with Crippen LogP contribution in [-0.4, -0.2) is 42.1 Å². The summed E-state index contributed by atoms with van der Waals surface area (Å²) in [6.45, 7) is 5.04. The van der Waals surface area contributed by atoms with Crippen molar-refractivity contribution in [2.45, 2.75) is 24.8 Å². The molecule has 0 radical (unpaired) electrons. The number of piperazine rings is 1. The van der Waals surface area contributed by atoms with Crippen LogP contribution >= 0.6 is 24.0 Å². The van der Waals surface area contributed by atoms with E-state index in [0.717, 1.165) is 5.56 Å². The zero-order chi connectivity index (χ0) is 17.5. The molecule has 1 N–H and O–H groups in total. The lowest BCUT2D eigenvalue weighted by molar-refractivity contribution is 0.271. The molecule has 0 amide bonds. The summed E-state index contributed by atoms with van der Waals surface area (Å²) in [7, 11) is -1.91. The summed E-state index contributed by atoms with van der Waals surface area (Å²) in [6, 6.07) is 7.05. The van der Waals surface area contributed by atoms with E-state index < -0.39 is 10.0 Å². The SMILES string of the molecule is Cc1nn(C)c(C)c1S(=O)(=O)N1CCNCC1c1ccccc1Cl.Cl. The number of nitrogens with one attached hydrogen (secondary N) is 1. The maximum absolute atomic E-state index is 13.3. The monoisotopic (exact) mass is 404 g/mol. The molecule has 138 valence electrons. The van der Waals surface area contributed by atoms with Crippen molar-refractivity contribution in [3.05, 3.63) is 46.2 Å². The van der Waals surface area contributed by atoms with Gasteiger partial charge in [-0.2, -0.15) is 9.40 Å². The molecule has 0 bridgehead atoms. The van der Waals surface area contributed by atoms with E-state index in [1.165, 1.54) is 0 Å². The molecule has 2 aromatic rings. The number of hydrogen-bond acceptors (Lipinski definition) is 4. The highest BCUT2D eigenvalue weighted by molar-refractivity contribution is 7.89. The zero-order valence-electron chi connectivity index (χ0n) is 14.4. The summed E-state index contributed by atoms with van der Waals surface area (Å²) in [5.74, 6) is 0. The van der Waals surface area contributed by atoms with Gasteiger partial charge in [-0.25, -0.2) is 8.42 Å². The fraction of sp³-hybridized carbons (Fsp3) is 0.438. The number of benzene rings is 1. The van der Waals surface area contributed by atoms with Gasteiger partial charge in [-0.05, 0) is 25.5 Å². The normalized spacial score (nSPS) is 18.8. The average Bonchev–Trinajstić information content (AvgIpc) is 2.81. The van der Waals surface area contributed by atoms with Gasteiger partial charge in [0, 0.05) is 31.7 Å². The molecule has 1 atom stereocenters. The minimum absolute atomic E-state index is 0. The molecule has 0 spiro atoms. The van der Waals surface area contributed by atoms with E-state index in [4.69, 9.17) is 11.6 Å². The first-order chi connectivity index (χ1) is 11.3. The summed E-state index contributed by atoms with van der Waals surface area (Å²) >= 11 is 6.32. The second-order valence-electron chi connectivity index (χ2n) is 5.98. The number of halogens is 2. The number of aromatic nitrogens is 2. The predicted octanol–water partition coefficient (Wildman–Crippen LogP) is 2.45. The lowest BCUT2D eigenvalue weighted by atomic mass is 10.1. The lowest BCUT2D eigenvalue weighted by Crippen LogP contribution is -2.48. The molecule has 3 rings (SSSR count). The molecule has 9 heteroatoms. The highest BCUT2D eigenvalue weighted by Crippen LogP contribution is 2.34. The van der Waals surface area contributed by atoms with E-state index in [-0.39, 0.29) is 18.4 Å². The van der Waals surface area contributed by atoms with Crippen LogP contribution in [0.15, 0.2) is 29.2 Å². The Morgan fingerprint density at radius 1 is 1.28 bits per heavy atom. The largest absolute Gasteiger partial charge is 0.313 e.